The van der Waals surface area contributed by atoms with E-state index in [9.17, 15) is 4.79 Å². The van der Waals surface area contributed by atoms with E-state index in [0.717, 1.165) is 36.2 Å². The average Bonchev–Trinajstić information content (AvgIpc) is 2.62. The van der Waals surface area contributed by atoms with Crippen molar-refractivity contribution in [1.29, 1.82) is 0 Å². The molecule has 0 radical (unpaired) electrons. The van der Waals surface area contributed by atoms with Gasteiger partial charge in [-0.25, -0.2) is 4.79 Å². The van der Waals surface area contributed by atoms with E-state index >= 15 is 0 Å². The van der Waals surface area contributed by atoms with Crippen LogP contribution in [-0.4, -0.2) is 56.2 Å². The van der Waals surface area contributed by atoms with E-state index in [-0.39, 0.29) is 5.97 Å². The van der Waals surface area contributed by atoms with Gasteiger partial charge in [0, 0.05) is 25.2 Å². The Hall–Kier alpha value is -2.14. The molecule has 1 aromatic heterocycles. The molecule has 3 rings (SSSR count). The molecule has 2 aromatic rings. The number of anilines is 1. The summed E-state index contributed by atoms with van der Waals surface area (Å²) in [4.78, 5) is 21.5. The molecular formula is C20H27N3O2. The first-order chi connectivity index (χ1) is 12.1. The largest absolute Gasteiger partial charge is 0.462 e. The van der Waals surface area contributed by atoms with Crippen molar-refractivity contribution in [3.8, 4) is 0 Å². The molecule has 0 N–H and O–H groups in total. The Morgan fingerprint density at radius 1 is 1.32 bits per heavy atom. The van der Waals surface area contributed by atoms with Gasteiger partial charge in [0.25, 0.3) is 0 Å². The van der Waals surface area contributed by atoms with Gasteiger partial charge in [-0.15, -0.1) is 0 Å². The molecule has 5 heteroatoms. The van der Waals surface area contributed by atoms with Crippen LogP contribution in [0.3, 0.4) is 0 Å². The summed E-state index contributed by atoms with van der Waals surface area (Å²) >= 11 is 0. The third kappa shape index (κ3) is 3.93. The third-order valence-electron chi connectivity index (χ3n) is 4.99. The summed E-state index contributed by atoms with van der Waals surface area (Å²) in [5.41, 5.74) is 2.39. The van der Waals surface area contributed by atoms with E-state index in [1.165, 1.54) is 12.8 Å². The number of esters is 1. The van der Waals surface area contributed by atoms with Crippen LogP contribution in [0.25, 0.3) is 10.9 Å². The van der Waals surface area contributed by atoms with Crippen molar-refractivity contribution in [2.75, 3.05) is 45.2 Å². The topological polar surface area (TPSA) is 45.7 Å². The number of para-hydroxylation sites is 1. The van der Waals surface area contributed by atoms with Crippen molar-refractivity contribution in [3.63, 3.8) is 0 Å². The molecule has 0 spiro atoms. The lowest BCUT2D eigenvalue weighted by molar-refractivity contribution is 0.0526. The minimum Gasteiger partial charge on any atom is -0.462 e. The Labute approximate surface area is 149 Å². The van der Waals surface area contributed by atoms with Crippen molar-refractivity contribution in [3.05, 3.63) is 36.0 Å². The van der Waals surface area contributed by atoms with Crippen LogP contribution in [0.2, 0.25) is 0 Å². The fraction of sp³-hybridized carbons (Fsp3) is 0.500. The Morgan fingerprint density at radius 2 is 2.04 bits per heavy atom. The summed E-state index contributed by atoms with van der Waals surface area (Å²) in [6.07, 6.45) is 4.04. The molecule has 25 heavy (non-hydrogen) atoms. The lowest BCUT2D eigenvalue weighted by atomic mass is 9.96. The smallest absolute Gasteiger partial charge is 0.341 e. The number of nitrogens with zero attached hydrogens (tertiary/aromatic N) is 3. The van der Waals surface area contributed by atoms with Gasteiger partial charge in [-0.05, 0) is 51.9 Å². The van der Waals surface area contributed by atoms with Gasteiger partial charge in [-0.2, -0.15) is 0 Å². The second kappa shape index (κ2) is 7.83. The minimum absolute atomic E-state index is 0.300. The molecule has 1 fully saturated rings. The molecule has 134 valence electrons. The zero-order valence-electron chi connectivity index (χ0n) is 15.4. The van der Waals surface area contributed by atoms with Gasteiger partial charge in [0.15, 0.2) is 0 Å². The van der Waals surface area contributed by atoms with Crippen LogP contribution in [0, 0.1) is 5.92 Å². The van der Waals surface area contributed by atoms with Crippen LogP contribution >= 0.6 is 0 Å². The Morgan fingerprint density at radius 3 is 2.76 bits per heavy atom. The second-order valence-electron chi connectivity index (χ2n) is 6.89. The van der Waals surface area contributed by atoms with Crippen LogP contribution in [-0.2, 0) is 4.74 Å². The van der Waals surface area contributed by atoms with Crippen LogP contribution in [0.1, 0.15) is 30.1 Å². The highest BCUT2D eigenvalue weighted by Crippen LogP contribution is 2.31. The number of pyridine rings is 1. The highest BCUT2D eigenvalue weighted by Gasteiger charge is 2.23. The maximum Gasteiger partial charge on any atom is 0.341 e. The molecule has 0 saturated carbocycles. The number of piperidine rings is 1. The van der Waals surface area contributed by atoms with Crippen molar-refractivity contribution in [2.24, 2.45) is 5.92 Å². The normalized spacial score (nSPS) is 16.1. The van der Waals surface area contributed by atoms with Gasteiger partial charge in [0.2, 0.25) is 0 Å². The predicted molar refractivity (Wildman–Crippen MR) is 101 cm³/mol. The Kier molecular flexibility index (Phi) is 5.53. The monoisotopic (exact) mass is 341 g/mol. The maximum absolute atomic E-state index is 12.5. The standard InChI is InChI=1S/C20H27N3O2/c1-4-25-20(24)17-13-21-18-8-6-5-7-16(18)19(17)23(3)14-15-9-11-22(2)12-10-15/h5-8,13,15H,4,9-12,14H2,1-3H3. The van der Waals surface area contributed by atoms with E-state index in [4.69, 9.17) is 4.74 Å². The van der Waals surface area contributed by atoms with Crippen molar-refractivity contribution in [1.82, 2.24) is 9.88 Å². The molecule has 1 aliphatic heterocycles. The summed E-state index contributed by atoms with van der Waals surface area (Å²) in [7, 11) is 4.25. The fourth-order valence-electron chi connectivity index (χ4n) is 3.62. The molecule has 1 aromatic carbocycles. The number of carbonyl (C=O) groups is 1. The zero-order valence-corrected chi connectivity index (χ0v) is 15.4. The van der Waals surface area contributed by atoms with E-state index in [0.29, 0.717) is 18.1 Å². The van der Waals surface area contributed by atoms with Gasteiger partial charge in [-0.1, -0.05) is 18.2 Å². The number of hydrogen-bond acceptors (Lipinski definition) is 5. The van der Waals surface area contributed by atoms with Gasteiger partial charge in [-0.3, -0.25) is 4.98 Å². The number of rotatable bonds is 5. The number of benzene rings is 1. The maximum atomic E-state index is 12.5. The number of ether oxygens (including phenoxy) is 1. The summed E-state index contributed by atoms with van der Waals surface area (Å²) in [5, 5.41) is 1.00. The fourth-order valence-corrected chi connectivity index (χ4v) is 3.62. The number of carbonyl (C=O) groups excluding carboxylic acids is 1. The Balaban J connectivity index is 1.93. The summed E-state index contributed by atoms with van der Waals surface area (Å²) in [6, 6.07) is 7.98. The van der Waals surface area contributed by atoms with Crippen molar-refractivity contribution < 1.29 is 9.53 Å². The van der Waals surface area contributed by atoms with Crippen LogP contribution < -0.4 is 4.90 Å². The predicted octanol–water partition coefficient (Wildman–Crippen LogP) is 3.19. The summed E-state index contributed by atoms with van der Waals surface area (Å²) in [6.45, 7) is 5.41. The lowest BCUT2D eigenvalue weighted by Crippen LogP contribution is -2.36. The van der Waals surface area contributed by atoms with E-state index < -0.39 is 0 Å². The van der Waals surface area contributed by atoms with Crippen molar-refractivity contribution in [2.45, 2.75) is 19.8 Å². The quantitative estimate of drug-likeness (QED) is 0.782. The van der Waals surface area contributed by atoms with Gasteiger partial charge in [0.05, 0.1) is 17.8 Å². The lowest BCUT2D eigenvalue weighted by Gasteiger charge is -2.33. The average molecular weight is 341 g/mol. The summed E-state index contributed by atoms with van der Waals surface area (Å²) < 4.78 is 5.26. The molecular weight excluding hydrogens is 314 g/mol. The molecule has 0 atom stereocenters. The van der Waals surface area contributed by atoms with Crippen LogP contribution in [0.5, 0.6) is 0 Å². The third-order valence-corrected chi connectivity index (χ3v) is 4.99. The van der Waals surface area contributed by atoms with Gasteiger partial charge < -0.3 is 14.5 Å². The first-order valence-electron chi connectivity index (χ1n) is 9.04. The van der Waals surface area contributed by atoms with Gasteiger partial charge >= 0.3 is 5.97 Å². The molecule has 1 aliphatic rings. The molecule has 0 bridgehead atoms. The van der Waals surface area contributed by atoms with E-state index in [1.807, 2.05) is 31.2 Å². The number of aromatic nitrogens is 1. The Bertz CT molecular complexity index is 739. The number of likely N-dealkylation sites (tertiary alicyclic amines) is 1. The van der Waals surface area contributed by atoms with Crippen LogP contribution in [0.4, 0.5) is 5.69 Å². The molecule has 2 heterocycles. The molecule has 0 unspecified atom stereocenters. The van der Waals surface area contributed by atoms with Crippen molar-refractivity contribution >= 4 is 22.6 Å². The highest BCUT2D eigenvalue weighted by molar-refractivity contribution is 6.05. The molecule has 1 saturated heterocycles. The second-order valence-corrected chi connectivity index (χ2v) is 6.89. The first kappa shape index (κ1) is 17.7. The molecule has 0 aliphatic carbocycles. The summed E-state index contributed by atoms with van der Waals surface area (Å²) in [5.74, 6) is 0.342. The number of fused-ring (bicyclic) bond motifs is 1. The first-order valence-corrected chi connectivity index (χ1v) is 9.04. The van der Waals surface area contributed by atoms with Gasteiger partial charge in [0.1, 0.15) is 5.56 Å². The zero-order chi connectivity index (χ0) is 17.8. The number of hydrogen-bond donors (Lipinski definition) is 0. The minimum atomic E-state index is -0.300. The SMILES string of the molecule is CCOC(=O)c1cnc2ccccc2c1N(C)CC1CCN(C)CC1. The molecule has 0 amide bonds. The van der Waals surface area contributed by atoms with E-state index in [1.54, 1.807) is 6.20 Å². The molecule has 5 nitrogen and oxygen atoms in total. The highest BCUT2D eigenvalue weighted by atomic mass is 16.5. The van der Waals surface area contributed by atoms with E-state index in [2.05, 4.69) is 28.9 Å². The van der Waals surface area contributed by atoms with Crippen LogP contribution in [0.15, 0.2) is 30.5 Å².